The maximum absolute atomic E-state index is 12.7. The number of ketones is 1. The first-order chi connectivity index (χ1) is 11.1. The number of carbonyl (C=O) groups excluding carboxylic acids is 1. The van der Waals surface area contributed by atoms with Gasteiger partial charge in [-0.15, -0.1) is 0 Å². The third-order valence-electron chi connectivity index (χ3n) is 6.20. The molecule has 2 atom stereocenters. The molecular weight excluding hydrogens is 284 g/mol. The molecule has 4 rings (SSSR count). The molecule has 1 N–H and O–H groups in total. The summed E-state index contributed by atoms with van der Waals surface area (Å²) in [5.41, 5.74) is 3.18. The smallest absolute Gasteiger partial charge is 0.165 e. The zero-order valence-corrected chi connectivity index (χ0v) is 14.1. The van der Waals surface area contributed by atoms with Gasteiger partial charge in [0.25, 0.3) is 0 Å². The number of hydrogen-bond donors (Lipinski definition) is 1. The van der Waals surface area contributed by atoms with Crippen LogP contribution in [0.25, 0.3) is 10.9 Å². The summed E-state index contributed by atoms with van der Waals surface area (Å²) in [5.74, 6) is 1.03. The molecule has 0 amide bonds. The Morgan fingerprint density at radius 1 is 1.26 bits per heavy atom. The number of carbonyl (C=O) groups is 1. The lowest BCUT2D eigenvalue weighted by molar-refractivity contribution is 0.0942. The minimum absolute atomic E-state index is 0.299. The Kier molecular flexibility index (Phi) is 3.76. The first kappa shape index (κ1) is 14.9. The number of aromatic amines is 1. The van der Waals surface area contributed by atoms with Crippen LogP contribution in [-0.4, -0.2) is 34.8 Å². The number of piperidine rings is 1. The molecule has 122 valence electrons. The van der Waals surface area contributed by atoms with Crippen LogP contribution in [0.2, 0.25) is 0 Å². The van der Waals surface area contributed by atoms with Crippen molar-refractivity contribution in [3.63, 3.8) is 0 Å². The average molecular weight is 310 g/mol. The van der Waals surface area contributed by atoms with Crippen LogP contribution in [0.15, 0.2) is 24.4 Å². The monoisotopic (exact) mass is 310 g/mol. The molecule has 0 saturated carbocycles. The summed E-state index contributed by atoms with van der Waals surface area (Å²) in [6, 6.07) is 7.72. The maximum atomic E-state index is 12.7. The number of Topliss-reactive ketones (excluding diaryl/α,β-unsaturated/α-hetero) is 1. The van der Waals surface area contributed by atoms with E-state index >= 15 is 0 Å². The van der Waals surface area contributed by atoms with E-state index in [9.17, 15) is 4.79 Å². The molecule has 2 unspecified atom stereocenters. The number of aryl methyl sites for hydroxylation is 1. The fourth-order valence-electron chi connectivity index (χ4n) is 4.77. The summed E-state index contributed by atoms with van der Waals surface area (Å²) in [6.07, 6.45) is 8.92. The van der Waals surface area contributed by atoms with Gasteiger partial charge in [0.15, 0.2) is 5.78 Å². The molecule has 2 aliphatic heterocycles. The van der Waals surface area contributed by atoms with E-state index in [1.807, 2.05) is 12.3 Å². The molecule has 0 radical (unpaired) electrons. The molecule has 23 heavy (non-hydrogen) atoms. The predicted octanol–water partition coefficient (Wildman–Crippen LogP) is 4.31. The summed E-state index contributed by atoms with van der Waals surface area (Å²) in [7, 11) is 2.28. The Morgan fingerprint density at radius 2 is 2.00 bits per heavy atom. The van der Waals surface area contributed by atoms with Crippen LogP contribution in [0, 0.1) is 12.8 Å². The highest BCUT2D eigenvalue weighted by Crippen LogP contribution is 2.39. The molecule has 0 aliphatic carbocycles. The normalized spacial score (nSPS) is 27.7. The molecular formula is C20H26N2O. The van der Waals surface area contributed by atoms with Gasteiger partial charge in [0.05, 0.1) is 0 Å². The molecule has 0 spiro atoms. The first-order valence-corrected chi connectivity index (χ1v) is 8.95. The van der Waals surface area contributed by atoms with Crippen molar-refractivity contribution in [1.82, 2.24) is 9.88 Å². The summed E-state index contributed by atoms with van der Waals surface area (Å²) >= 11 is 0. The van der Waals surface area contributed by atoms with Gasteiger partial charge < -0.3 is 9.88 Å². The van der Waals surface area contributed by atoms with Gasteiger partial charge >= 0.3 is 0 Å². The van der Waals surface area contributed by atoms with Crippen molar-refractivity contribution in [1.29, 1.82) is 0 Å². The van der Waals surface area contributed by atoms with E-state index in [2.05, 4.69) is 36.0 Å². The molecule has 1 aromatic carbocycles. The van der Waals surface area contributed by atoms with Gasteiger partial charge in [0.1, 0.15) is 0 Å². The Labute approximate surface area is 138 Å². The zero-order valence-electron chi connectivity index (χ0n) is 14.1. The molecule has 3 nitrogen and oxygen atoms in total. The lowest BCUT2D eigenvalue weighted by Crippen LogP contribution is -2.39. The van der Waals surface area contributed by atoms with Crippen molar-refractivity contribution in [3.8, 4) is 0 Å². The van der Waals surface area contributed by atoms with Gasteiger partial charge in [-0.05, 0) is 57.6 Å². The molecule has 2 fully saturated rings. The number of H-pyrrole nitrogens is 1. The van der Waals surface area contributed by atoms with Gasteiger partial charge in [-0.2, -0.15) is 0 Å². The standard InChI is InChI=1S/C20H26N2O/c1-13-4-3-5-17-18(12-21-20(13)17)19(23)9-6-14-10-15-7-8-16(11-14)22(15)2/h3-5,12,14-16,21H,6-11H2,1-2H3. The number of benzene rings is 1. The third-order valence-corrected chi connectivity index (χ3v) is 6.20. The Bertz CT molecular complexity index is 718. The van der Waals surface area contributed by atoms with Crippen molar-refractivity contribution in [2.75, 3.05) is 7.05 Å². The van der Waals surface area contributed by atoms with Gasteiger partial charge in [-0.25, -0.2) is 0 Å². The van der Waals surface area contributed by atoms with E-state index in [0.717, 1.165) is 40.9 Å². The second-order valence-corrected chi connectivity index (χ2v) is 7.55. The highest BCUT2D eigenvalue weighted by Gasteiger charge is 2.38. The summed E-state index contributed by atoms with van der Waals surface area (Å²) in [6.45, 7) is 2.08. The first-order valence-electron chi connectivity index (χ1n) is 8.95. The summed E-state index contributed by atoms with van der Waals surface area (Å²) < 4.78 is 0. The molecule has 2 aliphatic rings. The van der Waals surface area contributed by atoms with Crippen molar-refractivity contribution in [3.05, 3.63) is 35.5 Å². The van der Waals surface area contributed by atoms with E-state index in [4.69, 9.17) is 0 Å². The minimum Gasteiger partial charge on any atom is -0.360 e. The van der Waals surface area contributed by atoms with E-state index in [-0.39, 0.29) is 0 Å². The maximum Gasteiger partial charge on any atom is 0.165 e. The largest absolute Gasteiger partial charge is 0.360 e. The van der Waals surface area contributed by atoms with Gasteiger partial charge in [0.2, 0.25) is 0 Å². The van der Waals surface area contributed by atoms with Crippen LogP contribution in [0.4, 0.5) is 0 Å². The minimum atomic E-state index is 0.299. The molecule has 2 saturated heterocycles. The Balaban J connectivity index is 1.43. The fourth-order valence-corrected chi connectivity index (χ4v) is 4.77. The highest BCUT2D eigenvalue weighted by atomic mass is 16.1. The van der Waals surface area contributed by atoms with Crippen LogP contribution in [-0.2, 0) is 0 Å². The molecule has 2 aromatic rings. The molecule has 1 aromatic heterocycles. The van der Waals surface area contributed by atoms with Crippen LogP contribution < -0.4 is 0 Å². The number of rotatable bonds is 4. The number of para-hydroxylation sites is 1. The second kappa shape index (κ2) is 5.79. The second-order valence-electron chi connectivity index (χ2n) is 7.55. The number of nitrogens with zero attached hydrogens (tertiary/aromatic N) is 1. The summed E-state index contributed by atoms with van der Waals surface area (Å²) in [5, 5.41) is 1.08. The number of fused-ring (bicyclic) bond motifs is 3. The van der Waals surface area contributed by atoms with Crippen molar-refractivity contribution >= 4 is 16.7 Å². The van der Waals surface area contributed by atoms with Gasteiger partial charge in [-0.3, -0.25) is 4.79 Å². The Hall–Kier alpha value is -1.61. The Morgan fingerprint density at radius 3 is 2.74 bits per heavy atom. The average Bonchev–Trinajstić information content (AvgIpc) is 3.04. The van der Waals surface area contributed by atoms with Crippen molar-refractivity contribution in [2.24, 2.45) is 5.92 Å². The molecule has 2 bridgehead atoms. The van der Waals surface area contributed by atoms with Crippen molar-refractivity contribution < 1.29 is 4.79 Å². The van der Waals surface area contributed by atoms with Crippen LogP contribution in [0.1, 0.15) is 54.4 Å². The van der Waals surface area contributed by atoms with Gasteiger partial charge in [-0.1, -0.05) is 18.2 Å². The van der Waals surface area contributed by atoms with E-state index in [0.29, 0.717) is 12.2 Å². The SMILES string of the molecule is Cc1cccc2c(C(=O)CCC3CC4CCC(C3)N4C)c[nH]c12. The number of hydrogen-bond acceptors (Lipinski definition) is 2. The lowest BCUT2D eigenvalue weighted by atomic mass is 9.86. The van der Waals surface area contributed by atoms with E-state index < -0.39 is 0 Å². The molecule has 3 heteroatoms. The zero-order chi connectivity index (χ0) is 16.0. The van der Waals surface area contributed by atoms with Crippen molar-refractivity contribution in [2.45, 2.75) is 57.5 Å². The highest BCUT2D eigenvalue weighted by molar-refractivity contribution is 6.08. The molecule has 3 heterocycles. The number of aromatic nitrogens is 1. The van der Waals surface area contributed by atoms with E-state index in [1.54, 1.807) is 0 Å². The van der Waals surface area contributed by atoms with Crippen LogP contribution in [0.3, 0.4) is 0 Å². The third kappa shape index (κ3) is 2.61. The van der Waals surface area contributed by atoms with Crippen LogP contribution in [0.5, 0.6) is 0 Å². The number of nitrogens with one attached hydrogen (secondary N) is 1. The fraction of sp³-hybridized carbons (Fsp3) is 0.550. The van der Waals surface area contributed by atoms with Crippen LogP contribution >= 0.6 is 0 Å². The van der Waals surface area contributed by atoms with Gasteiger partial charge in [0, 0.05) is 41.2 Å². The predicted molar refractivity (Wildman–Crippen MR) is 93.9 cm³/mol. The quantitative estimate of drug-likeness (QED) is 0.854. The summed E-state index contributed by atoms with van der Waals surface area (Å²) in [4.78, 5) is 18.5. The lowest BCUT2D eigenvalue weighted by Gasteiger charge is -2.36. The topological polar surface area (TPSA) is 36.1 Å². The van der Waals surface area contributed by atoms with E-state index in [1.165, 1.54) is 31.2 Å².